The fourth-order valence-corrected chi connectivity index (χ4v) is 2.87. The van der Waals surface area contributed by atoms with E-state index in [2.05, 4.69) is 10.3 Å². The second-order valence-corrected chi connectivity index (χ2v) is 6.18. The van der Waals surface area contributed by atoms with Gasteiger partial charge in [0.2, 0.25) is 0 Å². The number of benzene rings is 2. The summed E-state index contributed by atoms with van der Waals surface area (Å²) in [7, 11) is 0. The number of para-hydroxylation sites is 1. The van der Waals surface area contributed by atoms with Gasteiger partial charge in [-0.2, -0.15) is 0 Å². The number of carbonyl (C=O) groups excluding carboxylic acids is 1. The quantitative estimate of drug-likeness (QED) is 0.658. The van der Waals surface area contributed by atoms with Crippen molar-refractivity contribution in [3.8, 4) is 5.75 Å². The summed E-state index contributed by atoms with van der Waals surface area (Å²) in [5.41, 5.74) is 2.34. The van der Waals surface area contributed by atoms with Gasteiger partial charge in [-0.1, -0.05) is 24.3 Å². The highest BCUT2D eigenvalue weighted by molar-refractivity contribution is 7.98. The van der Waals surface area contributed by atoms with Crippen LogP contribution in [0.1, 0.15) is 15.9 Å². The summed E-state index contributed by atoms with van der Waals surface area (Å²) in [6.07, 6.45) is 5.47. The number of nitrogens with zero attached hydrogens (tertiary/aromatic N) is 1. The lowest BCUT2D eigenvalue weighted by Gasteiger charge is -2.11. The molecular weight excluding hydrogens is 332 g/mol. The van der Waals surface area contributed by atoms with E-state index >= 15 is 0 Å². The van der Waals surface area contributed by atoms with Crippen LogP contribution in [0.15, 0.2) is 78.0 Å². The summed E-state index contributed by atoms with van der Waals surface area (Å²) in [4.78, 5) is 17.6. The smallest absolute Gasteiger partial charge is 0.255 e. The Balaban J connectivity index is 1.69. The van der Waals surface area contributed by atoms with Gasteiger partial charge in [0.15, 0.2) is 0 Å². The van der Waals surface area contributed by atoms with Crippen LogP contribution in [0.4, 0.5) is 5.69 Å². The Bertz CT molecular complexity index is 853. The van der Waals surface area contributed by atoms with Crippen LogP contribution in [0.2, 0.25) is 0 Å². The molecule has 0 unspecified atom stereocenters. The Labute approximate surface area is 151 Å². The van der Waals surface area contributed by atoms with Gasteiger partial charge in [0.25, 0.3) is 5.91 Å². The first-order chi connectivity index (χ1) is 12.3. The molecule has 0 bridgehead atoms. The Morgan fingerprint density at radius 2 is 2.00 bits per heavy atom. The molecule has 1 heterocycles. The molecule has 5 heteroatoms. The van der Waals surface area contributed by atoms with Crippen LogP contribution in [0.5, 0.6) is 5.75 Å². The van der Waals surface area contributed by atoms with Crippen LogP contribution in [-0.2, 0) is 6.61 Å². The largest absolute Gasteiger partial charge is 0.489 e. The third-order valence-corrected chi connectivity index (χ3v) is 4.38. The van der Waals surface area contributed by atoms with Gasteiger partial charge in [0, 0.05) is 28.4 Å². The van der Waals surface area contributed by atoms with Crippen molar-refractivity contribution in [1.29, 1.82) is 0 Å². The highest BCUT2D eigenvalue weighted by atomic mass is 32.2. The van der Waals surface area contributed by atoms with E-state index in [1.165, 1.54) is 0 Å². The molecule has 0 saturated carbocycles. The normalized spacial score (nSPS) is 10.3. The molecule has 0 spiro atoms. The zero-order chi connectivity index (χ0) is 17.5. The maximum absolute atomic E-state index is 12.5. The average Bonchev–Trinajstić information content (AvgIpc) is 2.68. The van der Waals surface area contributed by atoms with Gasteiger partial charge in [-0.15, -0.1) is 11.8 Å². The molecule has 2 aromatic carbocycles. The predicted octanol–water partition coefficient (Wildman–Crippen LogP) is 4.63. The van der Waals surface area contributed by atoms with Crippen LogP contribution < -0.4 is 10.1 Å². The van der Waals surface area contributed by atoms with Gasteiger partial charge in [0.1, 0.15) is 12.4 Å². The molecule has 25 heavy (non-hydrogen) atoms. The Morgan fingerprint density at radius 3 is 2.80 bits per heavy atom. The number of ether oxygens (including phenoxy) is 1. The third-order valence-electron chi connectivity index (χ3n) is 3.58. The first kappa shape index (κ1) is 17.0. The molecule has 3 rings (SSSR count). The topological polar surface area (TPSA) is 51.2 Å². The molecule has 126 valence electrons. The standard InChI is InChI=1S/C20H18N2O2S/c1-25-19-10-3-2-9-18(19)22-20(23)16-7-4-8-17(12-16)24-14-15-6-5-11-21-13-15/h2-13H,14H2,1H3,(H,22,23). The lowest BCUT2D eigenvalue weighted by atomic mass is 10.2. The first-order valence-electron chi connectivity index (χ1n) is 7.82. The summed E-state index contributed by atoms with van der Waals surface area (Å²) in [6.45, 7) is 0.411. The van der Waals surface area contributed by atoms with Crippen LogP contribution in [0.25, 0.3) is 0 Å². The molecule has 1 aromatic heterocycles. The summed E-state index contributed by atoms with van der Waals surface area (Å²) in [6, 6.07) is 18.7. The lowest BCUT2D eigenvalue weighted by Crippen LogP contribution is -2.12. The minimum Gasteiger partial charge on any atom is -0.489 e. The van der Waals surface area contributed by atoms with Gasteiger partial charge in [-0.3, -0.25) is 9.78 Å². The summed E-state index contributed by atoms with van der Waals surface area (Å²) < 4.78 is 5.75. The number of hydrogen-bond acceptors (Lipinski definition) is 4. The van der Waals surface area contributed by atoms with Crippen LogP contribution in [-0.4, -0.2) is 17.1 Å². The molecule has 3 aromatic rings. The van der Waals surface area contributed by atoms with Crippen LogP contribution >= 0.6 is 11.8 Å². The molecule has 1 N–H and O–H groups in total. The maximum atomic E-state index is 12.5. The van der Waals surface area contributed by atoms with Crippen molar-refractivity contribution in [1.82, 2.24) is 4.98 Å². The minimum absolute atomic E-state index is 0.159. The Morgan fingerprint density at radius 1 is 1.12 bits per heavy atom. The summed E-state index contributed by atoms with van der Waals surface area (Å²) in [5, 5.41) is 2.95. The number of hydrogen-bond donors (Lipinski definition) is 1. The number of thioether (sulfide) groups is 1. The number of aromatic nitrogens is 1. The summed E-state index contributed by atoms with van der Waals surface area (Å²) >= 11 is 1.60. The van der Waals surface area contributed by atoms with E-state index in [0.717, 1.165) is 16.1 Å². The van der Waals surface area contributed by atoms with Crippen molar-refractivity contribution in [2.24, 2.45) is 0 Å². The monoisotopic (exact) mass is 350 g/mol. The molecule has 0 aliphatic rings. The number of nitrogens with one attached hydrogen (secondary N) is 1. The molecule has 0 radical (unpaired) electrons. The second kappa shape index (κ2) is 8.35. The average molecular weight is 350 g/mol. The molecule has 0 aliphatic heterocycles. The van der Waals surface area contributed by atoms with E-state index in [9.17, 15) is 4.79 Å². The van der Waals surface area contributed by atoms with Gasteiger partial charge >= 0.3 is 0 Å². The highest BCUT2D eigenvalue weighted by Gasteiger charge is 2.09. The van der Waals surface area contributed by atoms with Crippen molar-refractivity contribution >= 4 is 23.4 Å². The fraction of sp³-hybridized carbons (Fsp3) is 0.100. The highest BCUT2D eigenvalue weighted by Crippen LogP contribution is 2.25. The summed E-state index contributed by atoms with van der Waals surface area (Å²) in [5.74, 6) is 0.489. The predicted molar refractivity (Wildman–Crippen MR) is 101 cm³/mol. The molecular formula is C20H18N2O2S. The number of pyridine rings is 1. The Hall–Kier alpha value is -2.79. The van der Waals surface area contributed by atoms with Crippen molar-refractivity contribution in [2.45, 2.75) is 11.5 Å². The van der Waals surface area contributed by atoms with E-state index in [1.54, 1.807) is 36.3 Å². The van der Waals surface area contributed by atoms with Gasteiger partial charge < -0.3 is 10.1 Å². The van der Waals surface area contributed by atoms with Gasteiger partial charge in [0.05, 0.1) is 5.69 Å². The molecule has 1 amide bonds. The molecule has 0 aliphatic carbocycles. The van der Waals surface area contributed by atoms with E-state index < -0.39 is 0 Å². The molecule has 0 fully saturated rings. The number of carbonyl (C=O) groups is 1. The van der Waals surface area contributed by atoms with Crippen molar-refractivity contribution in [2.75, 3.05) is 11.6 Å². The van der Waals surface area contributed by atoms with E-state index in [-0.39, 0.29) is 5.91 Å². The maximum Gasteiger partial charge on any atom is 0.255 e. The molecule has 0 atom stereocenters. The van der Waals surface area contributed by atoms with Crippen molar-refractivity contribution in [3.63, 3.8) is 0 Å². The first-order valence-corrected chi connectivity index (χ1v) is 9.05. The van der Waals surface area contributed by atoms with E-state index in [0.29, 0.717) is 17.9 Å². The van der Waals surface area contributed by atoms with Crippen molar-refractivity contribution in [3.05, 3.63) is 84.2 Å². The van der Waals surface area contributed by atoms with Crippen LogP contribution in [0.3, 0.4) is 0 Å². The zero-order valence-corrected chi connectivity index (χ0v) is 14.6. The van der Waals surface area contributed by atoms with Crippen molar-refractivity contribution < 1.29 is 9.53 Å². The van der Waals surface area contributed by atoms with E-state index in [4.69, 9.17) is 4.74 Å². The Kier molecular flexibility index (Phi) is 5.69. The minimum atomic E-state index is -0.159. The van der Waals surface area contributed by atoms with Gasteiger partial charge in [-0.05, 0) is 42.7 Å². The lowest BCUT2D eigenvalue weighted by molar-refractivity contribution is 0.102. The van der Waals surface area contributed by atoms with Crippen LogP contribution in [0, 0.1) is 0 Å². The number of rotatable bonds is 6. The second-order valence-electron chi connectivity index (χ2n) is 5.33. The molecule has 0 saturated heterocycles. The van der Waals surface area contributed by atoms with Gasteiger partial charge in [-0.25, -0.2) is 0 Å². The SMILES string of the molecule is CSc1ccccc1NC(=O)c1cccc(OCc2cccnc2)c1. The number of amides is 1. The van der Waals surface area contributed by atoms with E-state index in [1.807, 2.05) is 54.8 Å². The zero-order valence-electron chi connectivity index (χ0n) is 13.8. The molecule has 4 nitrogen and oxygen atoms in total. The third kappa shape index (κ3) is 4.61. The fourth-order valence-electron chi connectivity index (χ4n) is 2.32. The number of anilines is 1.